The molecular formula is C17H17ClN2O3. The number of ether oxygens (including phenoxy) is 2. The maximum absolute atomic E-state index is 11.7. The fourth-order valence-corrected chi connectivity index (χ4v) is 1.96. The van der Waals surface area contributed by atoms with Crippen LogP contribution in [0.2, 0.25) is 5.02 Å². The van der Waals surface area contributed by atoms with Gasteiger partial charge in [-0.25, -0.2) is 5.43 Å². The van der Waals surface area contributed by atoms with Crippen LogP contribution in [0.25, 0.3) is 0 Å². The van der Waals surface area contributed by atoms with Gasteiger partial charge in [0.25, 0.3) is 5.91 Å². The van der Waals surface area contributed by atoms with E-state index in [0.29, 0.717) is 17.4 Å². The first-order valence-corrected chi connectivity index (χ1v) is 7.49. The fraction of sp³-hybridized carbons (Fsp3) is 0.176. The average molecular weight is 333 g/mol. The molecule has 0 aliphatic rings. The van der Waals surface area contributed by atoms with Crippen molar-refractivity contribution >= 4 is 23.7 Å². The third-order valence-corrected chi connectivity index (χ3v) is 3.08. The van der Waals surface area contributed by atoms with Crippen LogP contribution in [0.3, 0.4) is 0 Å². The molecule has 1 N–H and O–H groups in total. The number of halogens is 1. The van der Waals surface area contributed by atoms with Gasteiger partial charge < -0.3 is 9.47 Å². The Balaban J connectivity index is 1.82. The molecule has 2 aromatic carbocycles. The number of hydrogen-bond donors (Lipinski definition) is 1. The Morgan fingerprint density at radius 2 is 2.04 bits per heavy atom. The first kappa shape index (κ1) is 16.8. The Morgan fingerprint density at radius 1 is 1.22 bits per heavy atom. The van der Waals surface area contributed by atoms with Crippen LogP contribution in [-0.4, -0.2) is 25.3 Å². The summed E-state index contributed by atoms with van der Waals surface area (Å²) in [6, 6.07) is 14.4. The highest BCUT2D eigenvalue weighted by Crippen LogP contribution is 2.22. The van der Waals surface area contributed by atoms with Crippen molar-refractivity contribution in [1.82, 2.24) is 5.43 Å². The lowest BCUT2D eigenvalue weighted by atomic mass is 10.2. The first-order chi connectivity index (χ1) is 11.2. The molecule has 120 valence electrons. The predicted octanol–water partition coefficient (Wildman–Crippen LogP) is 3.27. The number of carbonyl (C=O) groups excluding carboxylic acids is 1. The predicted molar refractivity (Wildman–Crippen MR) is 90.3 cm³/mol. The number of para-hydroxylation sites is 1. The summed E-state index contributed by atoms with van der Waals surface area (Å²) in [4.78, 5) is 11.7. The molecule has 0 fully saturated rings. The Hall–Kier alpha value is -2.53. The summed E-state index contributed by atoms with van der Waals surface area (Å²) >= 11 is 5.93. The Bertz CT molecular complexity index is 689. The number of rotatable bonds is 7. The van der Waals surface area contributed by atoms with Gasteiger partial charge in [0, 0.05) is 0 Å². The van der Waals surface area contributed by atoms with E-state index in [0.717, 1.165) is 11.3 Å². The smallest absolute Gasteiger partial charge is 0.277 e. The third-order valence-electron chi connectivity index (χ3n) is 2.77. The molecule has 0 atom stereocenters. The van der Waals surface area contributed by atoms with Crippen LogP contribution in [0.5, 0.6) is 11.5 Å². The van der Waals surface area contributed by atoms with Gasteiger partial charge in [-0.2, -0.15) is 5.10 Å². The monoisotopic (exact) mass is 332 g/mol. The van der Waals surface area contributed by atoms with Crippen molar-refractivity contribution in [3.63, 3.8) is 0 Å². The second-order valence-electron chi connectivity index (χ2n) is 4.52. The molecule has 0 heterocycles. The van der Waals surface area contributed by atoms with Gasteiger partial charge in [-0.15, -0.1) is 0 Å². The second kappa shape index (κ2) is 8.80. The summed E-state index contributed by atoms with van der Waals surface area (Å²) < 4.78 is 10.7. The molecule has 5 nitrogen and oxygen atoms in total. The van der Waals surface area contributed by atoms with Crippen molar-refractivity contribution in [3.05, 3.63) is 59.1 Å². The Morgan fingerprint density at radius 3 is 2.83 bits per heavy atom. The molecule has 0 aromatic heterocycles. The maximum atomic E-state index is 11.7. The van der Waals surface area contributed by atoms with Crippen LogP contribution in [0, 0.1) is 0 Å². The largest absolute Gasteiger partial charge is 0.494 e. The van der Waals surface area contributed by atoms with E-state index < -0.39 is 0 Å². The lowest BCUT2D eigenvalue weighted by molar-refractivity contribution is -0.123. The summed E-state index contributed by atoms with van der Waals surface area (Å²) in [7, 11) is 0. The van der Waals surface area contributed by atoms with Crippen LogP contribution in [0.4, 0.5) is 0 Å². The molecule has 0 radical (unpaired) electrons. The number of hydrazone groups is 1. The summed E-state index contributed by atoms with van der Waals surface area (Å²) in [6.45, 7) is 2.34. The van der Waals surface area contributed by atoms with Crippen LogP contribution in [0.1, 0.15) is 12.5 Å². The van der Waals surface area contributed by atoms with Crippen molar-refractivity contribution < 1.29 is 14.3 Å². The molecule has 23 heavy (non-hydrogen) atoms. The minimum Gasteiger partial charge on any atom is -0.494 e. The topological polar surface area (TPSA) is 59.9 Å². The highest BCUT2D eigenvalue weighted by molar-refractivity contribution is 6.32. The van der Waals surface area contributed by atoms with E-state index in [2.05, 4.69) is 10.5 Å². The van der Waals surface area contributed by atoms with Crippen molar-refractivity contribution in [2.45, 2.75) is 6.92 Å². The van der Waals surface area contributed by atoms with Gasteiger partial charge in [-0.1, -0.05) is 35.9 Å². The molecule has 0 unspecified atom stereocenters. The van der Waals surface area contributed by atoms with Gasteiger partial charge in [0.15, 0.2) is 6.61 Å². The van der Waals surface area contributed by atoms with E-state index in [1.807, 2.05) is 31.2 Å². The first-order valence-electron chi connectivity index (χ1n) is 7.11. The van der Waals surface area contributed by atoms with Crippen LogP contribution in [0.15, 0.2) is 53.6 Å². The van der Waals surface area contributed by atoms with E-state index in [1.165, 1.54) is 6.21 Å². The highest BCUT2D eigenvalue weighted by atomic mass is 35.5. The van der Waals surface area contributed by atoms with Crippen LogP contribution < -0.4 is 14.9 Å². The molecule has 0 aliphatic heterocycles. The lowest BCUT2D eigenvalue weighted by Crippen LogP contribution is -2.24. The van der Waals surface area contributed by atoms with E-state index >= 15 is 0 Å². The summed E-state index contributed by atoms with van der Waals surface area (Å²) in [5.41, 5.74) is 3.22. The van der Waals surface area contributed by atoms with E-state index in [1.54, 1.807) is 24.3 Å². The summed E-state index contributed by atoms with van der Waals surface area (Å²) in [5.74, 6) is 0.838. The van der Waals surface area contributed by atoms with Crippen molar-refractivity contribution in [2.24, 2.45) is 5.10 Å². The third kappa shape index (κ3) is 5.64. The van der Waals surface area contributed by atoms with Gasteiger partial charge in [0.05, 0.1) is 17.8 Å². The SMILES string of the molecule is CCOc1cccc(C=NNC(=O)COc2ccccc2Cl)c1. The molecule has 0 saturated carbocycles. The number of carbonyl (C=O) groups is 1. The molecule has 0 bridgehead atoms. The van der Waals surface area contributed by atoms with Gasteiger partial charge in [0.1, 0.15) is 11.5 Å². The molecule has 6 heteroatoms. The molecule has 2 aromatic rings. The van der Waals surface area contributed by atoms with Crippen molar-refractivity contribution in [1.29, 1.82) is 0 Å². The lowest BCUT2D eigenvalue weighted by Gasteiger charge is -2.06. The molecule has 0 saturated heterocycles. The number of nitrogens with zero attached hydrogens (tertiary/aromatic N) is 1. The zero-order valence-corrected chi connectivity index (χ0v) is 13.4. The van der Waals surface area contributed by atoms with Gasteiger partial charge >= 0.3 is 0 Å². The van der Waals surface area contributed by atoms with Crippen LogP contribution >= 0.6 is 11.6 Å². The Kier molecular flexibility index (Phi) is 6.44. The number of nitrogens with one attached hydrogen (secondary N) is 1. The summed E-state index contributed by atoms with van der Waals surface area (Å²) in [5, 5.41) is 4.34. The number of hydrogen-bond acceptors (Lipinski definition) is 4. The summed E-state index contributed by atoms with van der Waals surface area (Å²) in [6.07, 6.45) is 1.54. The number of amides is 1. The average Bonchev–Trinajstić information content (AvgIpc) is 2.55. The molecular weight excluding hydrogens is 316 g/mol. The second-order valence-corrected chi connectivity index (χ2v) is 4.92. The molecule has 0 spiro atoms. The normalized spacial score (nSPS) is 10.5. The number of benzene rings is 2. The molecule has 2 rings (SSSR count). The zero-order chi connectivity index (χ0) is 16.5. The minimum absolute atomic E-state index is 0.167. The van der Waals surface area contributed by atoms with E-state index in [4.69, 9.17) is 21.1 Å². The maximum Gasteiger partial charge on any atom is 0.277 e. The molecule has 0 aliphatic carbocycles. The van der Waals surface area contributed by atoms with Crippen LogP contribution in [-0.2, 0) is 4.79 Å². The van der Waals surface area contributed by atoms with Gasteiger partial charge in [-0.3, -0.25) is 4.79 Å². The Labute approximate surface area is 139 Å². The van der Waals surface area contributed by atoms with Gasteiger partial charge in [-0.05, 0) is 36.8 Å². The van der Waals surface area contributed by atoms with E-state index in [-0.39, 0.29) is 12.5 Å². The molecule has 1 amide bonds. The van der Waals surface area contributed by atoms with Gasteiger partial charge in [0.2, 0.25) is 0 Å². The van der Waals surface area contributed by atoms with Crippen molar-refractivity contribution in [2.75, 3.05) is 13.2 Å². The van der Waals surface area contributed by atoms with E-state index in [9.17, 15) is 4.79 Å². The fourth-order valence-electron chi connectivity index (χ4n) is 1.77. The minimum atomic E-state index is -0.373. The van der Waals surface area contributed by atoms with Crippen molar-refractivity contribution in [3.8, 4) is 11.5 Å². The zero-order valence-electron chi connectivity index (χ0n) is 12.7. The standard InChI is InChI=1S/C17H17ClN2O3/c1-2-22-14-7-5-6-13(10-14)11-19-20-17(21)12-23-16-9-4-3-8-15(16)18/h3-11H,2,12H2,1H3,(H,20,21). The quantitative estimate of drug-likeness (QED) is 0.625. The highest BCUT2D eigenvalue weighted by Gasteiger charge is 2.04.